The van der Waals surface area contributed by atoms with Gasteiger partial charge in [0.1, 0.15) is 0 Å². The number of rotatable bonds is 5. The average molecular weight is 289 g/mol. The molecule has 0 radical (unpaired) electrons. The van der Waals surface area contributed by atoms with Crippen LogP contribution in [-0.2, 0) is 6.54 Å². The Morgan fingerprint density at radius 2 is 1.75 bits per heavy atom. The van der Waals surface area contributed by atoms with E-state index in [0.717, 1.165) is 17.1 Å². The molecule has 2 aromatic rings. The number of hydrogen-bond donors (Lipinski definition) is 1. The Bertz CT molecular complexity index is 568. The maximum Gasteiger partial charge on any atom is 0.0485 e. The first kappa shape index (κ1) is 15.0. The maximum absolute atomic E-state index is 6.29. The lowest BCUT2D eigenvalue weighted by Gasteiger charge is -2.28. The molecule has 1 atom stereocenters. The van der Waals surface area contributed by atoms with Gasteiger partial charge in [0, 0.05) is 24.2 Å². The molecule has 106 valence electrons. The molecule has 0 fully saturated rings. The van der Waals surface area contributed by atoms with E-state index in [-0.39, 0.29) is 6.04 Å². The van der Waals surface area contributed by atoms with Gasteiger partial charge in [-0.05, 0) is 36.7 Å². The van der Waals surface area contributed by atoms with Gasteiger partial charge < -0.3 is 5.73 Å². The Hall–Kier alpha value is -1.35. The van der Waals surface area contributed by atoms with Crippen molar-refractivity contribution in [1.29, 1.82) is 0 Å². The molecule has 0 amide bonds. The molecule has 0 spiro atoms. The fourth-order valence-corrected chi connectivity index (χ4v) is 2.72. The third-order valence-corrected chi connectivity index (χ3v) is 4.04. The highest BCUT2D eigenvalue weighted by Crippen LogP contribution is 2.27. The SMILES string of the molecule is Cc1ccccc1CN(C)C(CN)c1ccccc1Cl. The summed E-state index contributed by atoms with van der Waals surface area (Å²) >= 11 is 6.29. The fraction of sp³-hybridized carbons (Fsp3) is 0.294. The van der Waals surface area contributed by atoms with Crippen molar-refractivity contribution in [3.63, 3.8) is 0 Å². The molecule has 1 unspecified atom stereocenters. The molecule has 0 aliphatic rings. The largest absolute Gasteiger partial charge is 0.329 e. The Kier molecular flexibility index (Phi) is 5.18. The first-order valence-corrected chi connectivity index (χ1v) is 7.20. The van der Waals surface area contributed by atoms with Crippen LogP contribution in [-0.4, -0.2) is 18.5 Å². The molecule has 3 heteroatoms. The van der Waals surface area contributed by atoms with Gasteiger partial charge in [0.15, 0.2) is 0 Å². The predicted molar refractivity (Wildman–Crippen MR) is 85.9 cm³/mol. The first-order chi connectivity index (χ1) is 9.63. The second kappa shape index (κ2) is 6.89. The van der Waals surface area contributed by atoms with Crippen LogP contribution >= 0.6 is 11.6 Å². The fourth-order valence-electron chi connectivity index (χ4n) is 2.46. The van der Waals surface area contributed by atoms with Crippen molar-refractivity contribution < 1.29 is 0 Å². The van der Waals surface area contributed by atoms with E-state index in [4.69, 9.17) is 17.3 Å². The highest BCUT2D eigenvalue weighted by atomic mass is 35.5. The van der Waals surface area contributed by atoms with Crippen LogP contribution in [0.4, 0.5) is 0 Å². The Morgan fingerprint density at radius 3 is 2.40 bits per heavy atom. The van der Waals surface area contributed by atoms with E-state index in [2.05, 4.69) is 43.1 Å². The van der Waals surface area contributed by atoms with Crippen molar-refractivity contribution in [2.45, 2.75) is 19.5 Å². The van der Waals surface area contributed by atoms with Crippen molar-refractivity contribution in [2.75, 3.05) is 13.6 Å². The summed E-state index contributed by atoms with van der Waals surface area (Å²) in [5.74, 6) is 0. The minimum atomic E-state index is 0.128. The lowest BCUT2D eigenvalue weighted by atomic mass is 10.0. The van der Waals surface area contributed by atoms with Gasteiger partial charge in [0.05, 0.1) is 0 Å². The third kappa shape index (κ3) is 3.40. The van der Waals surface area contributed by atoms with E-state index in [1.807, 2.05) is 24.3 Å². The summed E-state index contributed by atoms with van der Waals surface area (Å²) in [5, 5.41) is 0.777. The number of nitrogens with zero attached hydrogens (tertiary/aromatic N) is 1. The van der Waals surface area contributed by atoms with Gasteiger partial charge in [0.25, 0.3) is 0 Å². The number of benzene rings is 2. The lowest BCUT2D eigenvalue weighted by Crippen LogP contribution is -2.30. The smallest absolute Gasteiger partial charge is 0.0485 e. The molecular formula is C17H21ClN2. The first-order valence-electron chi connectivity index (χ1n) is 6.82. The molecule has 2 N–H and O–H groups in total. The van der Waals surface area contributed by atoms with Gasteiger partial charge in [-0.2, -0.15) is 0 Å². The van der Waals surface area contributed by atoms with Crippen LogP contribution in [0.1, 0.15) is 22.7 Å². The van der Waals surface area contributed by atoms with Gasteiger partial charge in [-0.3, -0.25) is 4.90 Å². The predicted octanol–water partition coefficient (Wildman–Crippen LogP) is 3.78. The van der Waals surface area contributed by atoms with E-state index in [0.29, 0.717) is 6.54 Å². The highest BCUT2D eigenvalue weighted by Gasteiger charge is 2.18. The van der Waals surface area contributed by atoms with E-state index in [1.54, 1.807) is 0 Å². The van der Waals surface area contributed by atoms with Crippen LogP contribution in [0.5, 0.6) is 0 Å². The summed E-state index contributed by atoms with van der Waals surface area (Å²) in [6, 6.07) is 16.5. The molecule has 20 heavy (non-hydrogen) atoms. The molecule has 0 aromatic heterocycles. The molecule has 0 saturated carbocycles. The summed E-state index contributed by atoms with van der Waals surface area (Å²) in [5.41, 5.74) is 9.68. The van der Waals surface area contributed by atoms with Crippen molar-refractivity contribution >= 4 is 11.6 Å². The third-order valence-electron chi connectivity index (χ3n) is 3.70. The Balaban J connectivity index is 2.20. The zero-order valence-electron chi connectivity index (χ0n) is 12.0. The molecule has 2 aromatic carbocycles. The number of aryl methyl sites for hydroxylation is 1. The monoisotopic (exact) mass is 288 g/mol. The Labute approximate surface area is 126 Å². The van der Waals surface area contributed by atoms with Gasteiger partial charge in [0.2, 0.25) is 0 Å². The number of nitrogens with two attached hydrogens (primary N) is 1. The quantitative estimate of drug-likeness (QED) is 0.907. The van der Waals surface area contributed by atoms with Crippen molar-refractivity contribution in [3.8, 4) is 0 Å². The molecule has 0 saturated heterocycles. The van der Waals surface area contributed by atoms with Gasteiger partial charge in [-0.1, -0.05) is 54.1 Å². The van der Waals surface area contributed by atoms with Crippen LogP contribution in [0.15, 0.2) is 48.5 Å². The van der Waals surface area contributed by atoms with Crippen molar-refractivity contribution in [3.05, 3.63) is 70.2 Å². The number of hydrogen-bond acceptors (Lipinski definition) is 2. The van der Waals surface area contributed by atoms with Gasteiger partial charge in [-0.25, -0.2) is 0 Å². The highest BCUT2D eigenvalue weighted by molar-refractivity contribution is 6.31. The zero-order valence-corrected chi connectivity index (χ0v) is 12.8. The summed E-state index contributed by atoms with van der Waals surface area (Å²) in [6.07, 6.45) is 0. The maximum atomic E-state index is 6.29. The topological polar surface area (TPSA) is 29.3 Å². The summed E-state index contributed by atoms with van der Waals surface area (Å²) in [7, 11) is 2.09. The molecular weight excluding hydrogens is 268 g/mol. The second-order valence-corrected chi connectivity index (χ2v) is 5.52. The molecule has 0 aliphatic heterocycles. The molecule has 2 nitrogen and oxygen atoms in total. The summed E-state index contributed by atoms with van der Waals surface area (Å²) < 4.78 is 0. The molecule has 0 heterocycles. The normalized spacial score (nSPS) is 12.7. The van der Waals surface area contributed by atoms with E-state index in [9.17, 15) is 0 Å². The van der Waals surface area contributed by atoms with Crippen molar-refractivity contribution in [1.82, 2.24) is 4.90 Å². The van der Waals surface area contributed by atoms with E-state index < -0.39 is 0 Å². The average Bonchev–Trinajstić information content (AvgIpc) is 2.44. The second-order valence-electron chi connectivity index (χ2n) is 5.11. The molecule has 0 bridgehead atoms. The van der Waals surface area contributed by atoms with Crippen molar-refractivity contribution in [2.24, 2.45) is 5.73 Å². The minimum Gasteiger partial charge on any atom is -0.329 e. The number of likely N-dealkylation sites (N-methyl/N-ethyl adjacent to an activating group) is 1. The van der Waals surface area contributed by atoms with Gasteiger partial charge in [-0.15, -0.1) is 0 Å². The number of halogens is 1. The summed E-state index contributed by atoms with van der Waals surface area (Å²) in [4.78, 5) is 2.25. The minimum absolute atomic E-state index is 0.128. The van der Waals surface area contributed by atoms with E-state index in [1.165, 1.54) is 11.1 Å². The lowest BCUT2D eigenvalue weighted by molar-refractivity contribution is 0.241. The van der Waals surface area contributed by atoms with Crippen LogP contribution in [0.3, 0.4) is 0 Å². The standard InChI is InChI=1S/C17H21ClN2/c1-13-7-3-4-8-14(13)12-20(2)17(11-19)15-9-5-6-10-16(15)18/h3-10,17H,11-12,19H2,1-2H3. The van der Waals surface area contributed by atoms with Gasteiger partial charge >= 0.3 is 0 Å². The Morgan fingerprint density at radius 1 is 1.10 bits per heavy atom. The zero-order chi connectivity index (χ0) is 14.5. The van der Waals surface area contributed by atoms with Crippen LogP contribution in [0.2, 0.25) is 5.02 Å². The van der Waals surface area contributed by atoms with E-state index >= 15 is 0 Å². The van der Waals surface area contributed by atoms with Crippen LogP contribution < -0.4 is 5.73 Å². The summed E-state index contributed by atoms with van der Waals surface area (Å²) in [6.45, 7) is 3.54. The molecule has 2 rings (SSSR count). The molecule has 0 aliphatic carbocycles. The van der Waals surface area contributed by atoms with Crippen LogP contribution in [0.25, 0.3) is 0 Å². The van der Waals surface area contributed by atoms with Crippen LogP contribution in [0, 0.1) is 6.92 Å².